The first-order chi connectivity index (χ1) is 14.8. The number of nitriles is 1. The number of carbonyl (C=O) groups excluding carboxylic acids is 2. The van der Waals surface area contributed by atoms with Gasteiger partial charge < -0.3 is 19.6 Å². The quantitative estimate of drug-likeness (QED) is 0.638. The van der Waals surface area contributed by atoms with Gasteiger partial charge in [-0.3, -0.25) is 14.4 Å². The van der Waals surface area contributed by atoms with E-state index in [0.29, 0.717) is 22.7 Å². The van der Waals surface area contributed by atoms with Crippen molar-refractivity contribution in [2.45, 2.75) is 33.9 Å². The van der Waals surface area contributed by atoms with E-state index in [1.54, 1.807) is 50.2 Å². The summed E-state index contributed by atoms with van der Waals surface area (Å²) in [6.07, 6.45) is 0. The summed E-state index contributed by atoms with van der Waals surface area (Å²) < 4.78 is 6.68. The molecule has 0 saturated heterocycles. The van der Waals surface area contributed by atoms with Gasteiger partial charge in [-0.1, -0.05) is 12.1 Å². The van der Waals surface area contributed by atoms with Gasteiger partial charge in [0.1, 0.15) is 29.7 Å². The highest BCUT2D eigenvalue weighted by molar-refractivity contribution is 6.03. The van der Waals surface area contributed by atoms with E-state index in [4.69, 9.17) is 4.42 Å². The number of amides is 2. The molecule has 31 heavy (non-hydrogen) atoms. The van der Waals surface area contributed by atoms with Crippen LogP contribution in [0, 0.1) is 32.1 Å². The van der Waals surface area contributed by atoms with Crippen molar-refractivity contribution in [2.75, 3.05) is 5.32 Å². The van der Waals surface area contributed by atoms with Gasteiger partial charge in [0.25, 0.3) is 11.5 Å². The lowest BCUT2D eigenvalue weighted by Gasteiger charge is -2.14. The summed E-state index contributed by atoms with van der Waals surface area (Å²) >= 11 is 0. The van der Waals surface area contributed by atoms with E-state index in [2.05, 4.69) is 10.6 Å². The number of hydrogen-bond acceptors (Lipinski definition) is 5. The van der Waals surface area contributed by atoms with Gasteiger partial charge in [0.2, 0.25) is 5.91 Å². The van der Waals surface area contributed by atoms with Crippen LogP contribution in [0.4, 0.5) is 5.69 Å². The maximum Gasteiger partial charge on any atom is 0.269 e. The highest BCUT2D eigenvalue weighted by atomic mass is 16.3. The predicted octanol–water partition coefficient (Wildman–Crippen LogP) is 2.81. The molecular formula is C23H22N4O4. The van der Waals surface area contributed by atoms with Crippen molar-refractivity contribution in [1.29, 1.82) is 5.26 Å². The molecule has 2 heterocycles. The largest absolute Gasteiger partial charge is 0.465 e. The number of para-hydroxylation sites is 1. The molecule has 0 fully saturated rings. The lowest BCUT2D eigenvalue weighted by molar-refractivity contribution is -0.116. The fraction of sp³-hybridized carbons (Fsp3) is 0.217. The van der Waals surface area contributed by atoms with Gasteiger partial charge in [0.05, 0.1) is 17.8 Å². The molecule has 0 spiro atoms. The summed E-state index contributed by atoms with van der Waals surface area (Å²) in [6, 6.07) is 13.7. The summed E-state index contributed by atoms with van der Waals surface area (Å²) in [5.74, 6) is 0.508. The molecule has 3 rings (SSSR count). The number of rotatable bonds is 6. The van der Waals surface area contributed by atoms with Crippen LogP contribution in [0.15, 0.2) is 51.7 Å². The van der Waals surface area contributed by atoms with Crippen molar-refractivity contribution in [3.8, 4) is 6.07 Å². The van der Waals surface area contributed by atoms with Crippen LogP contribution in [-0.4, -0.2) is 16.4 Å². The molecule has 3 aromatic rings. The molecule has 0 bridgehead atoms. The fourth-order valence-electron chi connectivity index (χ4n) is 3.23. The van der Waals surface area contributed by atoms with E-state index < -0.39 is 11.5 Å². The van der Waals surface area contributed by atoms with Crippen molar-refractivity contribution < 1.29 is 14.0 Å². The molecule has 0 unspecified atom stereocenters. The van der Waals surface area contributed by atoms with Crippen LogP contribution in [0.2, 0.25) is 0 Å². The van der Waals surface area contributed by atoms with E-state index in [1.165, 1.54) is 4.57 Å². The molecule has 2 N–H and O–H groups in total. The monoisotopic (exact) mass is 418 g/mol. The Labute approximate surface area is 179 Å². The van der Waals surface area contributed by atoms with Crippen molar-refractivity contribution >= 4 is 17.5 Å². The zero-order chi connectivity index (χ0) is 22.5. The molecule has 8 nitrogen and oxygen atoms in total. The second-order valence-corrected chi connectivity index (χ2v) is 7.14. The minimum absolute atomic E-state index is 0.00587. The fourth-order valence-corrected chi connectivity index (χ4v) is 3.23. The van der Waals surface area contributed by atoms with Gasteiger partial charge >= 0.3 is 0 Å². The first-order valence-electron chi connectivity index (χ1n) is 9.63. The Balaban J connectivity index is 1.75. The third kappa shape index (κ3) is 4.90. The molecule has 158 valence electrons. The van der Waals surface area contributed by atoms with E-state index in [1.807, 2.05) is 19.1 Å². The lowest BCUT2D eigenvalue weighted by atomic mass is 10.1. The molecule has 0 saturated carbocycles. The van der Waals surface area contributed by atoms with Crippen LogP contribution < -0.4 is 16.2 Å². The topological polar surface area (TPSA) is 117 Å². The highest BCUT2D eigenvalue weighted by Crippen LogP contribution is 2.16. The Kier molecular flexibility index (Phi) is 6.36. The Morgan fingerprint density at radius 2 is 1.87 bits per heavy atom. The number of carbonyl (C=O) groups is 2. The number of furan rings is 1. The minimum atomic E-state index is -0.519. The van der Waals surface area contributed by atoms with Gasteiger partial charge in [-0.25, -0.2) is 0 Å². The molecule has 0 aliphatic rings. The van der Waals surface area contributed by atoms with E-state index in [0.717, 1.165) is 5.76 Å². The van der Waals surface area contributed by atoms with Gasteiger partial charge in [-0.2, -0.15) is 5.26 Å². The van der Waals surface area contributed by atoms with Crippen LogP contribution in [0.5, 0.6) is 0 Å². The van der Waals surface area contributed by atoms with Crippen molar-refractivity contribution in [3.05, 3.63) is 86.7 Å². The first kappa shape index (κ1) is 21.6. The highest BCUT2D eigenvalue weighted by Gasteiger charge is 2.16. The molecule has 0 atom stereocenters. The summed E-state index contributed by atoms with van der Waals surface area (Å²) in [5, 5.41) is 14.6. The van der Waals surface area contributed by atoms with Gasteiger partial charge in [-0.05, 0) is 56.7 Å². The van der Waals surface area contributed by atoms with E-state index in [-0.39, 0.29) is 30.1 Å². The molecular weight excluding hydrogens is 396 g/mol. The van der Waals surface area contributed by atoms with Crippen LogP contribution in [0.3, 0.4) is 0 Å². The standard InChI is InChI=1S/C23H22N4O4/c1-14-10-15(2)27(23(30)19(14)11-24)13-21(28)26-20-7-5-4-6-18(20)22(29)25-12-17-9-8-16(3)31-17/h4-10H,12-13H2,1-3H3,(H,25,29)(H,26,28). The Morgan fingerprint density at radius 1 is 1.13 bits per heavy atom. The smallest absolute Gasteiger partial charge is 0.269 e. The van der Waals surface area contributed by atoms with Crippen LogP contribution in [-0.2, 0) is 17.9 Å². The molecule has 2 aromatic heterocycles. The maximum atomic E-state index is 12.6. The van der Waals surface area contributed by atoms with Crippen molar-refractivity contribution in [3.63, 3.8) is 0 Å². The third-order valence-corrected chi connectivity index (χ3v) is 4.78. The predicted molar refractivity (Wildman–Crippen MR) is 115 cm³/mol. The summed E-state index contributed by atoms with van der Waals surface area (Å²) in [5.41, 5.74) is 1.22. The molecule has 0 aliphatic carbocycles. The average molecular weight is 418 g/mol. The number of aromatic nitrogens is 1. The van der Waals surface area contributed by atoms with E-state index in [9.17, 15) is 19.6 Å². The normalized spacial score (nSPS) is 10.4. The Bertz CT molecular complexity index is 1250. The summed E-state index contributed by atoms with van der Waals surface area (Å²) in [4.78, 5) is 37.8. The molecule has 0 radical (unpaired) electrons. The van der Waals surface area contributed by atoms with Crippen molar-refractivity contribution in [2.24, 2.45) is 0 Å². The molecule has 8 heteroatoms. The number of nitrogens with one attached hydrogen (secondary N) is 2. The summed E-state index contributed by atoms with van der Waals surface area (Å²) in [6.45, 7) is 5.12. The number of anilines is 1. The zero-order valence-corrected chi connectivity index (χ0v) is 17.5. The second kappa shape index (κ2) is 9.13. The van der Waals surface area contributed by atoms with Crippen LogP contribution >= 0.6 is 0 Å². The van der Waals surface area contributed by atoms with Gasteiger partial charge in [-0.15, -0.1) is 0 Å². The summed E-state index contributed by atoms with van der Waals surface area (Å²) in [7, 11) is 0. The van der Waals surface area contributed by atoms with Crippen LogP contribution in [0.1, 0.15) is 38.7 Å². The SMILES string of the molecule is Cc1ccc(CNC(=O)c2ccccc2NC(=O)Cn2c(C)cc(C)c(C#N)c2=O)o1. The Morgan fingerprint density at radius 3 is 2.55 bits per heavy atom. The number of nitrogens with zero attached hydrogens (tertiary/aromatic N) is 2. The Hall–Kier alpha value is -4.12. The zero-order valence-electron chi connectivity index (χ0n) is 17.5. The molecule has 1 aromatic carbocycles. The average Bonchev–Trinajstić information content (AvgIpc) is 3.15. The minimum Gasteiger partial charge on any atom is -0.465 e. The molecule has 2 amide bonds. The first-order valence-corrected chi connectivity index (χ1v) is 9.63. The van der Waals surface area contributed by atoms with E-state index >= 15 is 0 Å². The number of aryl methyl sites for hydroxylation is 3. The number of hydrogen-bond donors (Lipinski definition) is 2. The number of benzene rings is 1. The van der Waals surface area contributed by atoms with Crippen molar-refractivity contribution in [1.82, 2.24) is 9.88 Å². The second-order valence-electron chi connectivity index (χ2n) is 7.14. The number of pyridine rings is 1. The van der Waals surface area contributed by atoms with Gasteiger partial charge in [0.15, 0.2) is 0 Å². The van der Waals surface area contributed by atoms with Gasteiger partial charge in [0, 0.05) is 5.69 Å². The molecule has 0 aliphatic heterocycles. The lowest BCUT2D eigenvalue weighted by Crippen LogP contribution is -2.32. The third-order valence-electron chi connectivity index (χ3n) is 4.78. The maximum absolute atomic E-state index is 12.6. The van der Waals surface area contributed by atoms with Crippen LogP contribution in [0.25, 0.3) is 0 Å².